The van der Waals surface area contributed by atoms with Crippen LogP contribution in [0, 0.1) is 0 Å². The van der Waals surface area contributed by atoms with Crippen LogP contribution in [-0.2, 0) is 17.8 Å². The van der Waals surface area contributed by atoms with E-state index in [0.29, 0.717) is 35.2 Å². The molecule has 2 aromatic carbocycles. The summed E-state index contributed by atoms with van der Waals surface area (Å²) < 4.78 is 17.0. The Labute approximate surface area is 225 Å². The molecule has 0 spiro atoms. The van der Waals surface area contributed by atoms with Gasteiger partial charge in [0, 0.05) is 0 Å². The van der Waals surface area contributed by atoms with E-state index in [1.807, 2.05) is 36.4 Å². The van der Waals surface area contributed by atoms with Crippen molar-refractivity contribution in [3.05, 3.63) is 83.7 Å². The fourth-order valence-electron chi connectivity index (χ4n) is 3.97. The first kappa shape index (κ1) is 28.6. The van der Waals surface area contributed by atoms with Crippen LogP contribution < -0.4 is 19.9 Å². The van der Waals surface area contributed by atoms with E-state index in [1.165, 1.54) is 31.2 Å². The van der Waals surface area contributed by atoms with E-state index in [9.17, 15) is 4.79 Å². The Morgan fingerprint density at radius 1 is 0.895 bits per heavy atom. The number of carboxylic acid groups (broad SMARTS) is 1. The molecule has 0 aliphatic carbocycles. The van der Waals surface area contributed by atoms with Crippen LogP contribution >= 0.6 is 0 Å². The van der Waals surface area contributed by atoms with Crippen LogP contribution in [0.25, 0.3) is 6.08 Å². The third-order valence-corrected chi connectivity index (χ3v) is 6.08. The van der Waals surface area contributed by atoms with Crippen molar-refractivity contribution in [3.63, 3.8) is 0 Å². The molecule has 7 heteroatoms. The zero-order valence-electron chi connectivity index (χ0n) is 22.1. The summed E-state index contributed by atoms with van der Waals surface area (Å²) in [5.74, 6) is 1.23. The molecule has 3 rings (SSSR count). The van der Waals surface area contributed by atoms with Crippen LogP contribution in [-0.4, -0.2) is 29.8 Å². The average molecular weight is 519 g/mol. The lowest BCUT2D eigenvalue weighted by Crippen LogP contribution is -2.04. The van der Waals surface area contributed by atoms with Gasteiger partial charge in [-0.2, -0.15) is 0 Å². The predicted octanol–water partition coefficient (Wildman–Crippen LogP) is 6.70. The second-order valence-electron chi connectivity index (χ2n) is 9.08. The fourth-order valence-corrected chi connectivity index (χ4v) is 3.97. The van der Waals surface area contributed by atoms with Gasteiger partial charge in [0.1, 0.15) is 29.5 Å². The molecule has 3 aromatic rings. The second kappa shape index (κ2) is 16.0. The first-order valence-electron chi connectivity index (χ1n) is 13.2. The number of aromatic nitrogens is 1. The molecule has 0 aliphatic rings. The van der Waals surface area contributed by atoms with Crippen molar-refractivity contribution in [2.75, 3.05) is 19.5 Å². The highest BCUT2D eigenvalue weighted by Crippen LogP contribution is 2.23. The molecule has 7 nitrogen and oxygen atoms in total. The van der Waals surface area contributed by atoms with Crippen LogP contribution in [0.3, 0.4) is 0 Å². The van der Waals surface area contributed by atoms with Gasteiger partial charge in [0.15, 0.2) is 0 Å². The molecule has 202 valence electrons. The summed E-state index contributed by atoms with van der Waals surface area (Å²) in [6.07, 6.45) is 11.1. The number of nitrogens with zero attached hydrogens (tertiary/aromatic N) is 1. The standard InChI is InChI=1S/C31H38N2O5/c1-36-26-19-16-24(17-20-26)11-6-4-2-3-5-9-22-37-30-21-18-25(33-28(30)13-10-15-31(34)35)23-38-29-14-8-7-12-27(29)32/h7-8,10,12-14,16-21H,2-6,9,11,15,22-23,32H2,1H3,(H,34,35). The first-order chi connectivity index (χ1) is 18.5. The van der Waals surface area contributed by atoms with Crippen molar-refractivity contribution in [1.82, 2.24) is 4.98 Å². The van der Waals surface area contributed by atoms with Gasteiger partial charge in [-0.25, -0.2) is 4.98 Å². The predicted molar refractivity (Wildman–Crippen MR) is 151 cm³/mol. The van der Waals surface area contributed by atoms with E-state index in [2.05, 4.69) is 17.1 Å². The second-order valence-corrected chi connectivity index (χ2v) is 9.08. The fraction of sp³-hybridized carbons (Fsp3) is 0.355. The Morgan fingerprint density at radius 2 is 1.63 bits per heavy atom. The van der Waals surface area contributed by atoms with E-state index in [1.54, 1.807) is 31.4 Å². The van der Waals surface area contributed by atoms with Gasteiger partial charge in [-0.3, -0.25) is 4.79 Å². The normalized spacial score (nSPS) is 11.0. The van der Waals surface area contributed by atoms with Gasteiger partial charge < -0.3 is 25.1 Å². The molecule has 0 aliphatic heterocycles. The highest BCUT2D eigenvalue weighted by molar-refractivity contribution is 5.70. The molecule has 0 unspecified atom stereocenters. The van der Waals surface area contributed by atoms with Gasteiger partial charge in [0.2, 0.25) is 0 Å². The van der Waals surface area contributed by atoms with Crippen LogP contribution in [0.5, 0.6) is 17.2 Å². The Kier molecular flexibility index (Phi) is 12.0. The van der Waals surface area contributed by atoms with E-state index >= 15 is 0 Å². The monoisotopic (exact) mass is 518 g/mol. The summed E-state index contributed by atoms with van der Waals surface area (Å²) in [6.45, 7) is 0.830. The number of anilines is 1. The topological polar surface area (TPSA) is 104 Å². The average Bonchev–Trinajstić information content (AvgIpc) is 2.92. The van der Waals surface area contributed by atoms with Crippen LogP contribution in [0.15, 0.2) is 66.7 Å². The molecule has 0 fully saturated rings. The van der Waals surface area contributed by atoms with Gasteiger partial charge in [-0.1, -0.05) is 56.0 Å². The van der Waals surface area contributed by atoms with Gasteiger partial charge in [0.25, 0.3) is 0 Å². The van der Waals surface area contributed by atoms with E-state index < -0.39 is 5.97 Å². The summed E-state index contributed by atoms with van der Waals surface area (Å²) >= 11 is 0. The van der Waals surface area contributed by atoms with Crippen LogP contribution in [0.4, 0.5) is 5.69 Å². The van der Waals surface area contributed by atoms with Crippen molar-refractivity contribution in [3.8, 4) is 17.2 Å². The summed E-state index contributed by atoms with van der Waals surface area (Å²) in [4.78, 5) is 15.5. The first-order valence-corrected chi connectivity index (χ1v) is 13.2. The summed E-state index contributed by atoms with van der Waals surface area (Å²) in [5.41, 5.74) is 9.14. The Morgan fingerprint density at radius 3 is 2.37 bits per heavy atom. The number of aryl methyl sites for hydroxylation is 1. The lowest BCUT2D eigenvalue weighted by Gasteiger charge is -2.12. The van der Waals surface area contributed by atoms with E-state index in [-0.39, 0.29) is 13.0 Å². The summed E-state index contributed by atoms with van der Waals surface area (Å²) in [7, 11) is 1.69. The zero-order valence-corrected chi connectivity index (χ0v) is 22.1. The Bertz CT molecular complexity index is 1160. The molecular formula is C31H38N2O5. The molecule has 0 radical (unpaired) electrons. The van der Waals surface area contributed by atoms with Crippen LogP contribution in [0.2, 0.25) is 0 Å². The van der Waals surface area contributed by atoms with E-state index in [0.717, 1.165) is 25.0 Å². The minimum Gasteiger partial charge on any atom is -0.497 e. The number of unbranched alkanes of at least 4 members (excludes halogenated alkanes) is 5. The minimum atomic E-state index is -0.897. The quantitative estimate of drug-likeness (QED) is 0.151. The van der Waals surface area contributed by atoms with E-state index in [4.69, 9.17) is 25.1 Å². The lowest BCUT2D eigenvalue weighted by atomic mass is 10.0. The molecule has 0 atom stereocenters. The number of para-hydroxylation sites is 2. The number of rotatable bonds is 17. The minimum absolute atomic E-state index is 0.0825. The van der Waals surface area contributed by atoms with Crippen molar-refractivity contribution in [2.45, 2.75) is 58.0 Å². The zero-order chi connectivity index (χ0) is 27.0. The van der Waals surface area contributed by atoms with Crippen LogP contribution in [0.1, 0.15) is 61.9 Å². The lowest BCUT2D eigenvalue weighted by molar-refractivity contribution is -0.135. The van der Waals surface area contributed by atoms with Gasteiger partial charge in [-0.05, 0) is 67.3 Å². The van der Waals surface area contributed by atoms with Gasteiger partial charge >= 0.3 is 5.97 Å². The number of nitrogens with two attached hydrogens (primary N) is 1. The van der Waals surface area contributed by atoms with Crippen molar-refractivity contribution in [1.29, 1.82) is 0 Å². The number of aliphatic carboxylic acids is 1. The summed E-state index contributed by atoms with van der Waals surface area (Å²) in [6, 6.07) is 19.3. The number of benzene rings is 2. The molecule has 0 saturated carbocycles. The number of methoxy groups -OCH3 is 1. The molecule has 3 N–H and O–H groups in total. The molecule has 1 aromatic heterocycles. The molecule has 0 saturated heterocycles. The van der Waals surface area contributed by atoms with Crippen molar-refractivity contribution < 1.29 is 24.1 Å². The molecule has 1 heterocycles. The largest absolute Gasteiger partial charge is 0.497 e. The number of carboxylic acids is 1. The maximum atomic E-state index is 10.9. The smallest absolute Gasteiger partial charge is 0.307 e. The maximum Gasteiger partial charge on any atom is 0.307 e. The number of ether oxygens (including phenoxy) is 3. The Balaban J connectivity index is 1.40. The van der Waals surface area contributed by atoms with Crippen molar-refractivity contribution >= 4 is 17.7 Å². The maximum absolute atomic E-state index is 10.9. The number of hydrogen-bond acceptors (Lipinski definition) is 6. The molecule has 38 heavy (non-hydrogen) atoms. The third-order valence-electron chi connectivity index (χ3n) is 6.08. The Hall–Kier alpha value is -4.00. The molecular weight excluding hydrogens is 480 g/mol. The van der Waals surface area contributed by atoms with Gasteiger partial charge in [0.05, 0.1) is 31.5 Å². The SMILES string of the molecule is COc1ccc(CCCCCCCCOc2ccc(COc3ccccc3N)nc2C=CCC(=O)O)cc1. The number of carbonyl (C=O) groups is 1. The van der Waals surface area contributed by atoms with Crippen molar-refractivity contribution in [2.24, 2.45) is 0 Å². The highest BCUT2D eigenvalue weighted by atomic mass is 16.5. The number of pyridine rings is 1. The highest BCUT2D eigenvalue weighted by Gasteiger charge is 2.07. The summed E-state index contributed by atoms with van der Waals surface area (Å²) in [5, 5.41) is 8.97. The third kappa shape index (κ3) is 10.2. The molecule has 0 bridgehead atoms. The number of nitrogen functional groups attached to an aromatic ring is 1. The number of hydrogen-bond donors (Lipinski definition) is 2. The molecule has 0 amide bonds. The van der Waals surface area contributed by atoms with Gasteiger partial charge in [-0.15, -0.1) is 0 Å².